The van der Waals surface area contributed by atoms with Gasteiger partial charge in [-0.2, -0.15) is 13.2 Å². The summed E-state index contributed by atoms with van der Waals surface area (Å²) < 4.78 is 46.4. The Morgan fingerprint density at radius 3 is 2.06 bits per heavy atom. The summed E-state index contributed by atoms with van der Waals surface area (Å²) in [6, 6.07) is 4.76. The van der Waals surface area contributed by atoms with Gasteiger partial charge in [0.05, 0.1) is 25.9 Å². The minimum Gasteiger partial charge on any atom is -0.496 e. The Kier molecular flexibility index (Phi) is 4.84. The molecule has 1 rings (SSSR count). The van der Waals surface area contributed by atoms with Crippen LogP contribution >= 0.6 is 0 Å². The first-order valence-electron chi connectivity index (χ1n) is 5.34. The van der Waals surface area contributed by atoms with Crippen LogP contribution in [0.3, 0.4) is 0 Å². The van der Waals surface area contributed by atoms with Crippen molar-refractivity contribution >= 4 is 0 Å². The minimum absolute atomic E-state index is 0.242. The number of benzene rings is 1. The minimum atomic E-state index is -4.30. The van der Waals surface area contributed by atoms with E-state index < -0.39 is 25.1 Å². The Labute approximate surface area is 103 Å². The van der Waals surface area contributed by atoms with Gasteiger partial charge in [0.2, 0.25) is 0 Å². The van der Waals surface area contributed by atoms with Crippen molar-refractivity contribution in [3.63, 3.8) is 0 Å². The van der Waals surface area contributed by atoms with E-state index in [0.717, 1.165) is 0 Å². The third-order valence-corrected chi connectivity index (χ3v) is 2.50. The molecule has 0 aliphatic rings. The summed E-state index contributed by atoms with van der Waals surface area (Å²) in [5.41, 5.74) is 0.242. The zero-order chi connectivity index (χ0) is 13.8. The average molecular weight is 264 g/mol. The molecule has 0 amide bonds. The number of alkyl halides is 3. The largest absolute Gasteiger partial charge is 0.496 e. The van der Waals surface area contributed by atoms with Gasteiger partial charge in [0, 0.05) is 6.42 Å². The topological polar surface area (TPSA) is 38.7 Å². The van der Waals surface area contributed by atoms with Gasteiger partial charge in [0.25, 0.3) is 0 Å². The van der Waals surface area contributed by atoms with Crippen LogP contribution in [0.1, 0.15) is 24.5 Å². The SMILES string of the molecule is COc1cccc(OC)c1C(O)CCC(F)(F)F. The molecule has 102 valence electrons. The summed E-state index contributed by atoms with van der Waals surface area (Å²) >= 11 is 0. The lowest BCUT2D eigenvalue weighted by Gasteiger charge is -2.18. The lowest BCUT2D eigenvalue weighted by molar-refractivity contribution is -0.140. The zero-order valence-corrected chi connectivity index (χ0v) is 10.1. The van der Waals surface area contributed by atoms with Crippen LogP contribution in [-0.2, 0) is 0 Å². The van der Waals surface area contributed by atoms with Gasteiger partial charge in [-0.15, -0.1) is 0 Å². The summed E-state index contributed by atoms with van der Waals surface area (Å²) in [6.45, 7) is 0. The Morgan fingerprint density at radius 1 is 1.17 bits per heavy atom. The predicted octanol–water partition coefficient (Wildman–Crippen LogP) is 3.08. The third-order valence-electron chi connectivity index (χ3n) is 2.50. The molecule has 0 aromatic heterocycles. The van der Waals surface area contributed by atoms with E-state index in [2.05, 4.69) is 0 Å². The van der Waals surface area contributed by atoms with Crippen LogP contribution in [0.5, 0.6) is 11.5 Å². The van der Waals surface area contributed by atoms with Gasteiger partial charge >= 0.3 is 6.18 Å². The molecule has 0 saturated heterocycles. The maximum absolute atomic E-state index is 12.1. The number of hydrogen-bond acceptors (Lipinski definition) is 3. The molecule has 0 saturated carbocycles. The lowest BCUT2D eigenvalue weighted by Crippen LogP contribution is -2.11. The lowest BCUT2D eigenvalue weighted by atomic mass is 10.0. The predicted molar refractivity (Wildman–Crippen MR) is 59.8 cm³/mol. The Bertz CT molecular complexity index is 368. The van der Waals surface area contributed by atoms with E-state index in [1.54, 1.807) is 18.2 Å². The van der Waals surface area contributed by atoms with Gasteiger partial charge in [-0.3, -0.25) is 0 Å². The summed E-state index contributed by atoms with van der Waals surface area (Å²) in [6.07, 6.45) is -7.07. The molecule has 0 bridgehead atoms. The third kappa shape index (κ3) is 3.80. The average Bonchev–Trinajstić information content (AvgIpc) is 2.33. The van der Waals surface area contributed by atoms with E-state index in [-0.39, 0.29) is 5.56 Å². The van der Waals surface area contributed by atoms with Crippen LogP contribution in [0.2, 0.25) is 0 Å². The van der Waals surface area contributed by atoms with E-state index in [1.807, 2.05) is 0 Å². The molecule has 1 unspecified atom stereocenters. The summed E-state index contributed by atoms with van der Waals surface area (Å²) in [4.78, 5) is 0. The maximum Gasteiger partial charge on any atom is 0.389 e. The van der Waals surface area contributed by atoms with Crippen molar-refractivity contribution in [1.82, 2.24) is 0 Å². The van der Waals surface area contributed by atoms with Crippen molar-refractivity contribution in [3.05, 3.63) is 23.8 Å². The van der Waals surface area contributed by atoms with Crippen molar-refractivity contribution in [1.29, 1.82) is 0 Å². The fourth-order valence-corrected chi connectivity index (χ4v) is 1.65. The first-order chi connectivity index (χ1) is 8.39. The van der Waals surface area contributed by atoms with Crippen molar-refractivity contribution < 1.29 is 27.8 Å². The van der Waals surface area contributed by atoms with Gasteiger partial charge in [0.1, 0.15) is 11.5 Å². The van der Waals surface area contributed by atoms with Gasteiger partial charge < -0.3 is 14.6 Å². The van der Waals surface area contributed by atoms with Crippen LogP contribution in [0.25, 0.3) is 0 Å². The second kappa shape index (κ2) is 5.95. The molecule has 1 N–H and O–H groups in total. The molecule has 1 atom stereocenters. The molecule has 0 aliphatic carbocycles. The van der Waals surface area contributed by atoms with E-state index in [4.69, 9.17) is 9.47 Å². The highest BCUT2D eigenvalue weighted by Gasteiger charge is 2.29. The van der Waals surface area contributed by atoms with Crippen molar-refractivity contribution in [3.8, 4) is 11.5 Å². The number of rotatable bonds is 5. The first kappa shape index (κ1) is 14.6. The van der Waals surface area contributed by atoms with Crippen LogP contribution in [0, 0.1) is 0 Å². The van der Waals surface area contributed by atoms with Gasteiger partial charge in [-0.25, -0.2) is 0 Å². The number of methoxy groups -OCH3 is 2. The Morgan fingerprint density at radius 2 is 1.67 bits per heavy atom. The first-order valence-corrected chi connectivity index (χ1v) is 5.34. The number of ether oxygens (including phenoxy) is 2. The van der Waals surface area contributed by atoms with E-state index >= 15 is 0 Å². The highest BCUT2D eigenvalue weighted by molar-refractivity contribution is 5.46. The molecule has 18 heavy (non-hydrogen) atoms. The van der Waals surface area contributed by atoms with E-state index in [1.165, 1.54) is 14.2 Å². The van der Waals surface area contributed by atoms with Gasteiger partial charge in [0.15, 0.2) is 0 Å². The van der Waals surface area contributed by atoms with Crippen LogP contribution in [-0.4, -0.2) is 25.5 Å². The van der Waals surface area contributed by atoms with Gasteiger partial charge in [-0.05, 0) is 18.6 Å². The number of aliphatic hydroxyl groups is 1. The molecule has 0 aliphatic heterocycles. The van der Waals surface area contributed by atoms with Crippen molar-refractivity contribution in [2.45, 2.75) is 25.1 Å². The second-order valence-corrected chi connectivity index (χ2v) is 3.75. The molecule has 0 fully saturated rings. The molecule has 1 aromatic carbocycles. The maximum atomic E-state index is 12.1. The highest BCUT2D eigenvalue weighted by atomic mass is 19.4. The fraction of sp³-hybridized carbons (Fsp3) is 0.500. The monoisotopic (exact) mass is 264 g/mol. The smallest absolute Gasteiger partial charge is 0.389 e. The highest BCUT2D eigenvalue weighted by Crippen LogP contribution is 2.37. The molecular weight excluding hydrogens is 249 g/mol. The Balaban J connectivity index is 2.92. The standard InChI is InChI=1S/C12H15F3O3/c1-17-9-4-3-5-10(18-2)11(9)8(16)6-7-12(13,14)15/h3-5,8,16H,6-7H2,1-2H3. The molecule has 0 spiro atoms. The van der Waals surface area contributed by atoms with Crippen LogP contribution in [0.4, 0.5) is 13.2 Å². The fourth-order valence-electron chi connectivity index (χ4n) is 1.65. The van der Waals surface area contributed by atoms with Crippen molar-refractivity contribution in [2.24, 2.45) is 0 Å². The number of hydrogen-bond donors (Lipinski definition) is 1. The molecule has 0 heterocycles. The molecule has 1 aromatic rings. The van der Waals surface area contributed by atoms with E-state index in [0.29, 0.717) is 11.5 Å². The van der Waals surface area contributed by atoms with Crippen LogP contribution < -0.4 is 9.47 Å². The molecule has 0 radical (unpaired) electrons. The van der Waals surface area contributed by atoms with Gasteiger partial charge in [-0.1, -0.05) is 6.07 Å². The Hall–Kier alpha value is -1.43. The quantitative estimate of drug-likeness (QED) is 0.888. The summed E-state index contributed by atoms with van der Waals surface area (Å²) in [7, 11) is 2.77. The second-order valence-electron chi connectivity index (χ2n) is 3.75. The summed E-state index contributed by atoms with van der Waals surface area (Å²) in [5, 5.41) is 9.85. The van der Waals surface area contributed by atoms with Crippen molar-refractivity contribution in [2.75, 3.05) is 14.2 Å². The summed E-state index contributed by atoms with van der Waals surface area (Å²) in [5.74, 6) is 0.619. The number of halogens is 3. The molecule has 6 heteroatoms. The van der Waals surface area contributed by atoms with E-state index in [9.17, 15) is 18.3 Å². The normalized spacial score (nSPS) is 13.2. The zero-order valence-electron chi connectivity index (χ0n) is 10.1. The number of aliphatic hydroxyl groups excluding tert-OH is 1. The van der Waals surface area contributed by atoms with Crippen LogP contribution in [0.15, 0.2) is 18.2 Å². The molecular formula is C12H15F3O3. The molecule has 3 nitrogen and oxygen atoms in total.